The molecule has 0 aliphatic rings. The molecule has 0 saturated carbocycles. The number of fused-ring (bicyclic) bond motifs is 2. The number of thioether (sulfide) groups is 2. The predicted octanol–water partition coefficient (Wildman–Crippen LogP) is 5.85. The molecule has 2 aromatic heterocycles. The SMILES string of the molecule is CCC(=O)n1c(C(=O)SCCCCCSC(=O)c2nc3ccc(C#N)cc3n2C(=O)CC)nc2cc(C#N)ccc21. The quantitative estimate of drug-likeness (QED) is 0.207. The Hall–Kier alpha value is -4.26. The highest BCUT2D eigenvalue weighted by Gasteiger charge is 2.23. The van der Waals surface area contributed by atoms with Gasteiger partial charge in [-0.05, 0) is 49.2 Å². The normalized spacial score (nSPS) is 10.9. The molecule has 0 amide bonds. The van der Waals surface area contributed by atoms with Gasteiger partial charge in [0.25, 0.3) is 10.2 Å². The van der Waals surface area contributed by atoms with Crippen LogP contribution in [0.3, 0.4) is 0 Å². The van der Waals surface area contributed by atoms with Crippen LogP contribution in [0.2, 0.25) is 0 Å². The molecule has 41 heavy (non-hydrogen) atoms. The Bertz CT molecular complexity index is 1740. The van der Waals surface area contributed by atoms with Gasteiger partial charge in [-0.25, -0.2) is 9.97 Å². The number of nitriles is 2. The van der Waals surface area contributed by atoms with Crippen LogP contribution in [0.4, 0.5) is 0 Å². The van der Waals surface area contributed by atoms with Crippen LogP contribution < -0.4 is 0 Å². The number of imidazole rings is 2. The molecule has 0 fully saturated rings. The molecule has 0 aliphatic carbocycles. The zero-order valence-electron chi connectivity index (χ0n) is 22.5. The number of carbonyl (C=O) groups is 4. The van der Waals surface area contributed by atoms with Crippen LogP contribution in [0, 0.1) is 22.7 Å². The number of aromatic nitrogens is 4. The van der Waals surface area contributed by atoms with Gasteiger partial charge in [0.1, 0.15) is 0 Å². The largest absolute Gasteiger partial charge is 0.278 e. The van der Waals surface area contributed by atoms with Crippen molar-refractivity contribution in [2.45, 2.75) is 46.0 Å². The summed E-state index contributed by atoms with van der Waals surface area (Å²) in [5.41, 5.74) is 2.64. The van der Waals surface area contributed by atoms with Crippen molar-refractivity contribution in [1.29, 1.82) is 10.5 Å². The first-order chi connectivity index (χ1) is 19.8. The average Bonchev–Trinajstić information content (AvgIpc) is 3.57. The lowest BCUT2D eigenvalue weighted by atomic mass is 10.2. The van der Waals surface area contributed by atoms with Crippen LogP contribution in [0.1, 0.15) is 87.9 Å². The molecule has 2 heterocycles. The van der Waals surface area contributed by atoms with E-state index in [4.69, 9.17) is 5.26 Å². The monoisotopic (exact) mass is 586 g/mol. The van der Waals surface area contributed by atoms with Gasteiger partial charge < -0.3 is 0 Å². The van der Waals surface area contributed by atoms with Gasteiger partial charge in [0.2, 0.25) is 11.8 Å². The Balaban J connectivity index is 1.31. The highest BCUT2D eigenvalue weighted by molar-refractivity contribution is 8.14. The maximum absolute atomic E-state index is 12.9. The molecule has 12 heteroatoms. The minimum Gasteiger partial charge on any atom is -0.278 e. The van der Waals surface area contributed by atoms with Crippen molar-refractivity contribution in [3.05, 3.63) is 59.2 Å². The second-order valence-corrected chi connectivity index (χ2v) is 11.1. The molecule has 10 nitrogen and oxygen atoms in total. The van der Waals surface area contributed by atoms with Crippen LogP contribution in [0.15, 0.2) is 36.4 Å². The fourth-order valence-electron chi connectivity index (χ4n) is 4.23. The first kappa shape index (κ1) is 29.7. The topological polar surface area (TPSA) is 152 Å². The lowest BCUT2D eigenvalue weighted by Crippen LogP contribution is -2.16. The Kier molecular flexibility index (Phi) is 9.71. The lowest BCUT2D eigenvalue weighted by Gasteiger charge is -2.06. The molecule has 4 aromatic rings. The summed E-state index contributed by atoms with van der Waals surface area (Å²) in [5.74, 6) is 0.633. The highest BCUT2D eigenvalue weighted by Crippen LogP contribution is 2.24. The van der Waals surface area contributed by atoms with Crippen molar-refractivity contribution < 1.29 is 19.2 Å². The Morgan fingerprint density at radius 1 is 0.707 bits per heavy atom. The second kappa shape index (κ2) is 13.4. The third-order valence-corrected chi connectivity index (χ3v) is 8.17. The van der Waals surface area contributed by atoms with Gasteiger partial charge in [-0.3, -0.25) is 28.3 Å². The molecule has 0 spiro atoms. The third-order valence-electron chi connectivity index (χ3n) is 6.29. The maximum atomic E-state index is 12.9. The van der Waals surface area contributed by atoms with Crippen molar-refractivity contribution in [3.63, 3.8) is 0 Å². The Morgan fingerprint density at radius 2 is 1.22 bits per heavy atom. The number of benzene rings is 2. The number of unbranched alkanes of at least 4 members (excludes halogenated alkanes) is 2. The summed E-state index contributed by atoms with van der Waals surface area (Å²) in [7, 11) is 0. The molecule has 0 saturated heterocycles. The number of nitrogens with zero attached hydrogens (tertiary/aromatic N) is 6. The van der Waals surface area contributed by atoms with Crippen molar-refractivity contribution in [3.8, 4) is 12.1 Å². The minimum atomic E-state index is -0.315. The predicted molar refractivity (Wildman–Crippen MR) is 158 cm³/mol. The van der Waals surface area contributed by atoms with E-state index in [1.54, 1.807) is 50.2 Å². The number of rotatable bonds is 10. The molecule has 0 unspecified atom stereocenters. The van der Waals surface area contributed by atoms with Gasteiger partial charge in [0.05, 0.1) is 45.3 Å². The summed E-state index contributed by atoms with van der Waals surface area (Å²) >= 11 is 2.17. The van der Waals surface area contributed by atoms with Gasteiger partial charge in [-0.2, -0.15) is 10.5 Å². The average molecular weight is 587 g/mol. The van der Waals surface area contributed by atoms with Gasteiger partial charge in [0.15, 0.2) is 11.6 Å². The van der Waals surface area contributed by atoms with Crippen LogP contribution in [0.5, 0.6) is 0 Å². The second-order valence-electron chi connectivity index (χ2n) is 9.00. The van der Waals surface area contributed by atoms with Crippen molar-refractivity contribution in [2.75, 3.05) is 11.5 Å². The smallest absolute Gasteiger partial charge is 0.255 e. The molecular weight excluding hydrogens is 560 g/mol. The van der Waals surface area contributed by atoms with Crippen LogP contribution in [-0.4, -0.2) is 52.7 Å². The van der Waals surface area contributed by atoms with E-state index in [1.807, 2.05) is 12.1 Å². The van der Waals surface area contributed by atoms with E-state index in [9.17, 15) is 24.4 Å². The number of hydrogen-bond donors (Lipinski definition) is 0. The van der Waals surface area contributed by atoms with Crippen LogP contribution in [-0.2, 0) is 0 Å². The van der Waals surface area contributed by atoms with Crippen molar-refractivity contribution in [2.24, 2.45) is 0 Å². The molecule has 0 atom stereocenters. The minimum absolute atomic E-state index is 0.0551. The van der Waals surface area contributed by atoms with Crippen molar-refractivity contribution >= 4 is 67.6 Å². The van der Waals surface area contributed by atoms with E-state index < -0.39 is 0 Å². The Labute approximate surface area is 244 Å². The maximum Gasteiger partial charge on any atom is 0.255 e. The van der Waals surface area contributed by atoms with Gasteiger partial charge in [0, 0.05) is 24.3 Å². The fourth-order valence-corrected chi connectivity index (χ4v) is 5.83. The van der Waals surface area contributed by atoms with E-state index in [0.29, 0.717) is 44.7 Å². The fraction of sp³-hybridized carbons (Fsp3) is 0.310. The molecule has 4 rings (SSSR count). The molecule has 2 aromatic carbocycles. The van der Waals surface area contributed by atoms with Gasteiger partial charge in [-0.1, -0.05) is 43.8 Å². The molecular formula is C29H26N6O4S2. The van der Waals surface area contributed by atoms with Gasteiger partial charge >= 0.3 is 0 Å². The van der Waals surface area contributed by atoms with E-state index in [-0.39, 0.29) is 46.5 Å². The molecule has 208 valence electrons. The summed E-state index contributed by atoms with van der Waals surface area (Å²) < 4.78 is 2.62. The van der Waals surface area contributed by atoms with E-state index in [2.05, 4.69) is 9.97 Å². The molecule has 0 N–H and O–H groups in total. The summed E-state index contributed by atoms with van der Waals surface area (Å²) in [6.07, 6.45) is 2.60. The van der Waals surface area contributed by atoms with E-state index >= 15 is 0 Å². The highest BCUT2D eigenvalue weighted by atomic mass is 32.2. The van der Waals surface area contributed by atoms with Crippen LogP contribution >= 0.6 is 23.5 Å². The summed E-state index contributed by atoms with van der Waals surface area (Å²) in [6.45, 7) is 3.41. The third kappa shape index (κ3) is 6.40. The van der Waals surface area contributed by atoms with Crippen molar-refractivity contribution in [1.82, 2.24) is 19.1 Å². The standard InChI is InChI=1S/C29H26N6O4S2/c1-3-24(36)34-22-11-9-18(16-30)14-21(22)33-27(34)29(39)41-13-7-5-6-12-40-28(38)26-32-20-10-8-19(17-31)15-23(20)35(26)25(37)4-2/h8-11,14-15H,3-7,12-13H2,1-2H3. The Morgan fingerprint density at radius 3 is 1.78 bits per heavy atom. The molecule has 0 aliphatic heterocycles. The number of hydrogen-bond acceptors (Lipinski definition) is 10. The van der Waals surface area contributed by atoms with Crippen LogP contribution in [0.25, 0.3) is 22.1 Å². The molecule has 0 radical (unpaired) electrons. The zero-order valence-corrected chi connectivity index (χ0v) is 24.2. The van der Waals surface area contributed by atoms with E-state index in [0.717, 1.165) is 42.8 Å². The molecule has 0 bridgehead atoms. The summed E-state index contributed by atoms with van der Waals surface area (Å²) in [4.78, 5) is 59.7. The number of carbonyl (C=O) groups excluding carboxylic acids is 4. The zero-order chi connectivity index (χ0) is 29.5. The summed E-state index contributed by atoms with van der Waals surface area (Å²) in [6, 6.07) is 13.7. The first-order valence-electron chi connectivity index (χ1n) is 13.1. The first-order valence-corrected chi connectivity index (χ1v) is 15.1. The summed E-state index contributed by atoms with van der Waals surface area (Å²) in [5, 5.41) is 17.7. The van der Waals surface area contributed by atoms with Gasteiger partial charge in [-0.15, -0.1) is 0 Å². The van der Waals surface area contributed by atoms with E-state index in [1.165, 1.54) is 9.13 Å². The lowest BCUT2D eigenvalue weighted by molar-refractivity contribution is 0.0894.